The van der Waals surface area contributed by atoms with Gasteiger partial charge in [0.05, 0.1) is 6.42 Å². The van der Waals surface area contributed by atoms with E-state index in [0.717, 1.165) is 11.3 Å². The third-order valence-electron chi connectivity index (χ3n) is 3.95. The highest BCUT2D eigenvalue weighted by molar-refractivity contribution is 5.91. The summed E-state index contributed by atoms with van der Waals surface area (Å²) in [7, 11) is 3.79. The quantitative estimate of drug-likeness (QED) is 0.699. The topological polar surface area (TPSA) is 70.2 Å². The molecule has 6 nitrogen and oxygen atoms in total. The second-order valence-electron chi connectivity index (χ2n) is 6.53. The molecule has 1 aromatic heterocycles. The first kappa shape index (κ1) is 18.4. The van der Waals surface area contributed by atoms with E-state index in [9.17, 15) is 4.79 Å². The van der Waals surface area contributed by atoms with Gasteiger partial charge in [-0.25, -0.2) is 0 Å². The smallest absolute Gasteiger partial charge is 0.233 e. The second-order valence-corrected chi connectivity index (χ2v) is 6.53. The Morgan fingerprint density at radius 2 is 1.70 bits per heavy atom. The SMILES string of the molecule is Cc1ccc(Nc2cc(N(C)C)nc(NC(=O)Cc3ccccc3)n2)cc1. The first-order valence-electron chi connectivity index (χ1n) is 8.73. The van der Waals surface area contributed by atoms with Gasteiger partial charge in [-0.3, -0.25) is 10.1 Å². The molecular weight excluding hydrogens is 338 g/mol. The van der Waals surface area contributed by atoms with Gasteiger partial charge in [0.15, 0.2) is 0 Å². The van der Waals surface area contributed by atoms with Gasteiger partial charge in [0.25, 0.3) is 0 Å². The van der Waals surface area contributed by atoms with Crippen LogP contribution in [0.5, 0.6) is 0 Å². The normalized spacial score (nSPS) is 10.3. The van der Waals surface area contributed by atoms with E-state index in [1.807, 2.05) is 86.6 Å². The summed E-state index contributed by atoms with van der Waals surface area (Å²) in [6.07, 6.45) is 0.275. The van der Waals surface area contributed by atoms with Crippen LogP contribution in [-0.4, -0.2) is 30.0 Å². The molecule has 0 aliphatic carbocycles. The highest BCUT2D eigenvalue weighted by Crippen LogP contribution is 2.21. The Bertz CT molecular complexity index is 908. The van der Waals surface area contributed by atoms with Gasteiger partial charge in [-0.1, -0.05) is 48.0 Å². The van der Waals surface area contributed by atoms with E-state index < -0.39 is 0 Å². The number of rotatable bonds is 6. The molecule has 2 N–H and O–H groups in total. The molecule has 6 heteroatoms. The first-order valence-corrected chi connectivity index (χ1v) is 8.73. The number of nitrogens with one attached hydrogen (secondary N) is 2. The van der Waals surface area contributed by atoms with Crippen molar-refractivity contribution in [2.45, 2.75) is 13.3 Å². The summed E-state index contributed by atoms with van der Waals surface area (Å²) in [5.41, 5.74) is 3.05. The van der Waals surface area contributed by atoms with E-state index in [2.05, 4.69) is 20.6 Å². The Balaban J connectivity index is 1.78. The van der Waals surface area contributed by atoms with Crippen LogP contribution in [0.4, 0.5) is 23.3 Å². The predicted molar refractivity (Wildman–Crippen MR) is 110 cm³/mol. The summed E-state index contributed by atoms with van der Waals surface area (Å²) in [4.78, 5) is 23.1. The molecular formula is C21H23N5O. The Hall–Kier alpha value is -3.41. The Morgan fingerprint density at radius 3 is 2.37 bits per heavy atom. The average Bonchev–Trinajstić information content (AvgIpc) is 2.64. The lowest BCUT2D eigenvalue weighted by Gasteiger charge is -2.15. The van der Waals surface area contributed by atoms with Gasteiger partial charge < -0.3 is 10.2 Å². The molecule has 0 spiro atoms. The van der Waals surface area contributed by atoms with Crippen molar-refractivity contribution in [3.8, 4) is 0 Å². The minimum absolute atomic E-state index is 0.154. The molecule has 0 fully saturated rings. The Labute approximate surface area is 159 Å². The first-order chi connectivity index (χ1) is 13.0. The zero-order valence-electron chi connectivity index (χ0n) is 15.7. The van der Waals surface area contributed by atoms with Crippen LogP contribution < -0.4 is 15.5 Å². The summed E-state index contributed by atoms with van der Waals surface area (Å²) < 4.78 is 0. The van der Waals surface area contributed by atoms with Crippen LogP contribution in [0, 0.1) is 6.92 Å². The van der Waals surface area contributed by atoms with E-state index >= 15 is 0 Å². The van der Waals surface area contributed by atoms with Crippen molar-refractivity contribution in [2.75, 3.05) is 29.6 Å². The van der Waals surface area contributed by atoms with Gasteiger partial charge in [-0.05, 0) is 24.6 Å². The minimum atomic E-state index is -0.154. The van der Waals surface area contributed by atoms with Gasteiger partial charge in [-0.15, -0.1) is 0 Å². The lowest BCUT2D eigenvalue weighted by molar-refractivity contribution is -0.115. The van der Waals surface area contributed by atoms with Crippen molar-refractivity contribution < 1.29 is 4.79 Å². The fourth-order valence-corrected chi connectivity index (χ4v) is 2.52. The monoisotopic (exact) mass is 361 g/mol. The van der Waals surface area contributed by atoms with Gasteiger partial charge >= 0.3 is 0 Å². The number of aryl methyl sites for hydroxylation is 1. The van der Waals surface area contributed by atoms with Gasteiger partial charge in [0.2, 0.25) is 11.9 Å². The number of carbonyl (C=O) groups excluding carboxylic acids is 1. The predicted octanol–water partition coefficient (Wildman–Crippen LogP) is 3.78. The van der Waals surface area contributed by atoms with Crippen LogP contribution in [0.1, 0.15) is 11.1 Å². The van der Waals surface area contributed by atoms with Crippen LogP contribution in [0.3, 0.4) is 0 Å². The summed E-state index contributed by atoms with van der Waals surface area (Å²) in [5.74, 6) is 1.44. The number of anilines is 4. The molecule has 138 valence electrons. The van der Waals surface area contributed by atoms with E-state index in [1.165, 1.54) is 5.56 Å². The standard InChI is InChI=1S/C21H23N5O/c1-15-9-11-17(12-10-15)22-18-14-19(26(2)3)24-21(23-18)25-20(27)13-16-7-5-4-6-8-16/h4-12,14H,13H2,1-3H3,(H2,22,23,24,25,27). The van der Waals surface area contributed by atoms with Gasteiger partial charge in [0.1, 0.15) is 11.6 Å². The summed E-state index contributed by atoms with van der Waals surface area (Å²) in [6.45, 7) is 2.04. The van der Waals surface area contributed by atoms with E-state index in [-0.39, 0.29) is 18.3 Å². The van der Waals surface area contributed by atoms with Crippen molar-refractivity contribution in [2.24, 2.45) is 0 Å². The molecule has 0 aliphatic heterocycles. The molecule has 1 heterocycles. The summed E-state index contributed by atoms with van der Waals surface area (Å²) in [5, 5.41) is 6.05. The van der Waals surface area contributed by atoms with Crippen LogP contribution in [0.2, 0.25) is 0 Å². The molecule has 0 saturated carbocycles. The fraction of sp³-hybridized carbons (Fsp3) is 0.190. The summed E-state index contributed by atoms with van der Waals surface area (Å²) in [6, 6.07) is 19.5. The molecule has 0 saturated heterocycles. The summed E-state index contributed by atoms with van der Waals surface area (Å²) >= 11 is 0. The lowest BCUT2D eigenvalue weighted by atomic mass is 10.1. The number of amides is 1. The largest absolute Gasteiger partial charge is 0.363 e. The molecule has 3 rings (SSSR count). The van der Waals surface area contributed by atoms with Crippen LogP contribution in [-0.2, 0) is 11.2 Å². The third-order valence-corrected chi connectivity index (χ3v) is 3.95. The van der Waals surface area contributed by atoms with E-state index in [0.29, 0.717) is 11.6 Å². The molecule has 3 aromatic rings. The number of hydrogen-bond acceptors (Lipinski definition) is 5. The maximum atomic E-state index is 12.3. The van der Waals surface area contributed by atoms with Crippen LogP contribution in [0.15, 0.2) is 60.7 Å². The average molecular weight is 361 g/mol. The molecule has 2 aromatic carbocycles. The zero-order valence-corrected chi connectivity index (χ0v) is 15.7. The maximum Gasteiger partial charge on any atom is 0.233 e. The molecule has 0 atom stereocenters. The zero-order chi connectivity index (χ0) is 19.2. The molecule has 0 unspecified atom stereocenters. The molecule has 0 bridgehead atoms. The Morgan fingerprint density at radius 1 is 1.00 bits per heavy atom. The van der Waals surface area contributed by atoms with E-state index in [4.69, 9.17) is 0 Å². The lowest BCUT2D eigenvalue weighted by Crippen LogP contribution is -2.19. The molecule has 0 radical (unpaired) electrons. The number of hydrogen-bond donors (Lipinski definition) is 2. The van der Waals surface area contributed by atoms with Gasteiger partial charge in [-0.2, -0.15) is 9.97 Å². The van der Waals surface area contributed by atoms with Crippen molar-refractivity contribution in [3.05, 3.63) is 71.8 Å². The van der Waals surface area contributed by atoms with Crippen molar-refractivity contribution in [1.29, 1.82) is 0 Å². The Kier molecular flexibility index (Phi) is 5.66. The molecule has 27 heavy (non-hydrogen) atoms. The van der Waals surface area contributed by atoms with E-state index in [1.54, 1.807) is 0 Å². The second kappa shape index (κ2) is 8.31. The fourth-order valence-electron chi connectivity index (χ4n) is 2.52. The third kappa shape index (κ3) is 5.28. The van der Waals surface area contributed by atoms with Gasteiger partial charge in [0, 0.05) is 25.8 Å². The highest BCUT2D eigenvalue weighted by Gasteiger charge is 2.10. The minimum Gasteiger partial charge on any atom is -0.363 e. The van der Waals surface area contributed by atoms with Crippen molar-refractivity contribution >= 4 is 29.2 Å². The number of benzene rings is 2. The highest BCUT2D eigenvalue weighted by atomic mass is 16.1. The maximum absolute atomic E-state index is 12.3. The van der Waals surface area contributed by atoms with Crippen LogP contribution >= 0.6 is 0 Å². The molecule has 1 amide bonds. The van der Waals surface area contributed by atoms with Crippen molar-refractivity contribution in [1.82, 2.24) is 9.97 Å². The molecule has 0 aliphatic rings. The number of carbonyl (C=O) groups is 1. The van der Waals surface area contributed by atoms with Crippen molar-refractivity contribution in [3.63, 3.8) is 0 Å². The number of aromatic nitrogens is 2. The van der Waals surface area contributed by atoms with Crippen LogP contribution in [0.25, 0.3) is 0 Å². The number of nitrogens with zero attached hydrogens (tertiary/aromatic N) is 3.